The molecule has 2 amide bonds. The van der Waals surface area contributed by atoms with E-state index in [1.807, 2.05) is 17.9 Å². The Bertz CT molecular complexity index is 1980. The monoisotopic (exact) mass is 691 g/mol. The van der Waals surface area contributed by atoms with Gasteiger partial charge in [0.25, 0.3) is 11.8 Å². The van der Waals surface area contributed by atoms with Crippen LogP contribution in [-0.2, 0) is 27.7 Å². The topological polar surface area (TPSA) is 133 Å². The molecule has 3 aliphatic heterocycles. The average Bonchev–Trinajstić information content (AvgIpc) is 3.62. The summed E-state index contributed by atoms with van der Waals surface area (Å²) < 4.78 is 38.4. The highest BCUT2D eigenvalue weighted by Gasteiger charge is 2.51. The summed E-state index contributed by atoms with van der Waals surface area (Å²) in [6.45, 7) is 8.79. The summed E-state index contributed by atoms with van der Waals surface area (Å²) in [5.41, 5.74) is 4.66. The number of anilines is 2. The average molecular weight is 692 g/mol. The number of methoxy groups -OCH3 is 1. The summed E-state index contributed by atoms with van der Waals surface area (Å²) in [5, 5.41) is 0.896. The molecule has 49 heavy (non-hydrogen) atoms. The molecule has 1 atom stereocenters. The maximum atomic E-state index is 13.9. The number of carbonyl (C=O) groups is 2. The molecule has 0 radical (unpaired) electrons. The fourth-order valence-electron chi connectivity index (χ4n) is 7.51. The van der Waals surface area contributed by atoms with Gasteiger partial charge in [-0.05, 0) is 88.9 Å². The summed E-state index contributed by atoms with van der Waals surface area (Å²) >= 11 is 0. The molecule has 7 rings (SSSR count). The van der Waals surface area contributed by atoms with Gasteiger partial charge in [-0.2, -0.15) is 0 Å². The minimum absolute atomic E-state index is 0.114. The van der Waals surface area contributed by atoms with E-state index in [1.54, 1.807) is 37.1 Å². The molecule has 3 aromatic rings. The number of hydrogen-bond acceptors (Lipinski definition) is 10. The number of benzene rings is 2. The zero-order valence-electron chi connectivity index (χ0n) is 28.7. The van der Waals surface area contributed by atoms with Crippen LogP contribution in [0, 0.1) is 6.92 Å². The molecule has 12 nitrogen and oxygen atoms in total. The number of aryl methyl sites for hydroxylation is 1. The molecule has 1 saturated carbocycles. The van der Waals surface area contributed by atoms with Crippen LogP contribution in [0.1, 0.15) is 70.0 Å². The number of amides is 2. The largest absolute Gasteiger partial charge is 0.422 e. The smallest absolute Gasteiger partial charge is 0.341 e. The summed E-state index contributed by atoms with van der Waals surface area (Å²) in [6, 6.07) is 9.21. The zero-order chi connectivity index (χ0) is 34.7. The molecule has 4 aliphatic rings. The van der Waals surface area contributed by atoms with Gasteiger partial charge in [0.1, 0.15) is 5.58 Å². The van der Waals surface area contributed by atoms with Gasteiger partial charge in [-0.15, -0.1) is 0 Å². The lowest BCUT2D eigenvalue weighted by molar-refractivity contribution is 0.0732. The number of ether oxygens (including phenoxy) is 1. The number of rotatable bonds is 8. The Morgan fingerprint density at radius 1 is 1.00 bits per heavy atom. The number of fused-ring (bicyclic) bond motifs is 3. The second kappa shape index (κ2) is 12.7. The Morgan fingerprint density at radius 3 is 2.47 bits per heavy atom. The summed E-state index contributed by atoms with van der Waals surface area (Å²) in [6.07, 6.45) is 3.41. The van der Waals surface area contributed by atoms with E-state index >= 15 is 0 Å². The quantitative estimate of drug-likeness (QED) is 0.351. The van der Waals surface area contributed by atoms with Gasteiger partial charge in [0.2, 0.25) is 10.0 Å². The van der Waals surface area contributed by atoms with Crippen molar-refractivity contribution < 1.29 is 27.2 Å². The van der Waals surface area contributed by atoms with Gasteiger partial charge in [-0.25, -0.2) is 17.9 Å². The van der Waals surface area contributed by atoms with Crippen molar-refractivity contribution in [2.24, 2.45) is 0 Å². The molecule has 262 valence electrons. The summed E-state index contributed by atoms with van der Waals surface area (Å²) in [7, 11) is 0.00427. The molecule has 4 heterocycles. The van der Waals surface area contributed by atoms with Crippen molar-refractivity contribution in [3.05, 3.63) is 68.6 Å². The van der Waals surface area contributed by atoms with Crippen LogP contribution < -0.4 is 20.1 Å². The molecule has 2 aromatic carbocycles. The van der Waals surface area contributed by atoms with Gasteiger partial charge in [-0.3, -0.25) is 14.5 Å². The molecule has 1 N–H and O–H groups in total. The maximum absolute atomic E-state index is 13.9. The Hall–Kier alpha value is -3.94. The van der Waals surface area contributed by atoms with Crippen molar-refractivity contribution in [3.8, 4) is 0 Å². The highest BCUT2D eigenvalue weighted by atomic mass is 32.2. The molecule has 13 heteroatoms. The number of nitrogens with zero attached hydrogens (tertiary/aromatic N) is 4. The predicted octanol–water partition coefficient (Wildman–Crippen LogP) is 3.28. The molecular weight excluding hydrogens is 646 g/mol. The maximum Gasteiger partial charge on any atom is 0.341 e. The minimum atomic E-state index is -3.82. The van der Waals surface area contributed by atoms with E-state index in [4.69, 9.17) is 9.15 Å². The van der Waals surface area contributed by atoms with Gasteiger partial charge in [0.15, 0.2) is 0 Å². The first-order valence-electron chi connectivity index (χ1n) is 17.2. The Kier molecular flexibility index (Phi) is 8.73. The zero-order valence-corrected chi connectivity index (χ0v) is 29.5. The van der Waals surface area contributed by atoms with Crippen LogP contribution in [0.5, 0.6) is 0 Å². The van der Waals surface area contributed by atoms with Crippen LogP contribution in [0.2, 0.25) is 0 Å². The van der Waals surface area contributed by atoms with Crippen molar-refractivity contribution in [2.75, 3.05) is 69.8 Å². The van der Waals surface area contributed by atoms with E-state index in [0.29, 0.717) is 67.9 Å². The number of sulfonamides is 1. The van der Waals surface area contributed by atoms with E-state index in [0.717, 1.165) is 54.7 Å². The Labute approximate surface area is 287 Å². The standard InChI is InChI=1S/C36H45N5O7S/c1-23-30(40-18-17-38(3)25(20-40)22-47-4)10-9-27-26-11-16-41(21-29(26)35(44)48-32(23)27)34(43)24-7-8-28(31(19-24)39-14-5-6-15-39)33(42)37-49(45,46)36(2)12-13-36/h7-10,19,25H,5-6,11-18,20-22H2,1-4H3,(H,37,42)/t25-/m1/s1. The van der Waals surface area contributed by atoms with Crippen LogP contribution in [-0.4, -0.2) is 101 Å². The molecule has 0 bridgehead atoms. The first-order valence-corrected chi connectivity index (χ1v) is 18.7. The van der Waals surface area contributed by atoms with Crippen molar-refractivity contribution in [3.63, 3.8) is 0 Å². The van der Waals surface area contributed by atoms with Gasteiger partial charge in [0.05, 0.1) is 40.8 Å². The Morgan fingerprint density at radius 2 is 1.76 bits per heavy atom. The molecule has 1 aromatic heterocycles. The summed E-state index contributed by atoms with van der Waals surface area (Å²) in [4.78, 5) is 49.0. The van der Waals surface area contributed by atoms with E-state index in [2.05, 4.69) is 27.6 Å². The second-order valence-corrected chi connectivity index (χ2v) is 16.5. The predicted molar refractivity (Wildman–Crippen MR) is 188 cm³/mol. The number of carbonyl (C=O) groups excluding carboxylic acids is 2. The van der Waals surface area contributed by atoms with Crippen LogP contribution in [0.15, 0.2) is 39.5 Å². The first-order chi connectivity index (χ1) is 23.4. The van der Waals surface area contributed by atoms with Gasteiger partial charge in [0, 0.05) is 68.6 Å². The Balaban J connectivity index is 1.14. The van der Waals surface area contributed by atoms with Crippen LogP contribution >= 0.6 is 0 Å². The summed E-state index contributed by atoms with van der Waals surface area (Å²) in [5.74, 6) is -0.950. The first kappa shape index (κ1) is 33.6. The number of likely N-dealkylation sites (N-methyl/N-ethyl adjacent to an activating group) is 1. The molecule has 1 aliphatic carbocycles. The SMILES string of the molecule is COC[C@H]1CN(c2ccc3c4c(c(=O)oc3c2C)CN(C(=O)c2ccc(C(=O)NS(=O)(=O)C3(C)CC3)c(N3CCCC3)c2)CC4)CCN1C. The lowest BCUT2D eigenvalue weighted by atomic mass is 9.95. The third-order valence-corrected chi connectivity index (χ3v) is 13.2. The third kappa shape index (κ3) is 6.10. The van der Waals surface area contributed by atoms with Crippen molar-refractivity contribution in [1.82, 2.24) is 14.5 Å². The number of hydrogen-bond donors (Lipinski definition) is 1. The van der Waals surface area contributed by atoms with E-state index < -0.39 is 26.3 Å². The lowest BCUT2D eigenvalue weighted by Crippen LogP contribution is -2.53. The van der Waals surface area contributed by atoms with Crippen molar-refractivity contribution in [2.45, 2.75) is 63.3 Å². The van der Waals surface area contributed by atoms with Gasteiger partial charge < -0.3 is 23.9 Å². The highest BCUT2D eigenvalue weighted by Crippen LogP contribution is 2.42. The molecule has 3 fully saturated rings. The van der Waals surface area contributed by atoms with E-state index in [1.165, 1.54) is 0 Å². The van der Waals surface area contributed by atoms with E-state index in [9.17, 15) is 22.8 Å². The normalized spacial score (nSPS) is 20.8. The number of nitrogens with one attached hydrogen (secondary N) is 1. The van der Waals surface area contributed by atoms with Gasteiger partial charge >= 0.3 is 5.63 Å². The second-order valence-electron chi connectivity index (χ2n) is 14.3. The minimum Gasteiger partial charge on any atom is -0.422 e. The highest BCUT2D eigenvalue weighted by molar-refractivity contribution is 7.91. The molecular formula is C36H45N5O7S. The number of piperazine rings is 1. The van der Waals surface area contributed by atoms with Gasteiger partial charge in [-0.1, -0.05) is 0 Å². The van der Waals surface area contributed by atoms with Crippen LogP contribution in [0.3, 0.4) is 0 Å². The fourth-order valence-corrected chi connectivity index (χ4v) is 8.75. The van der Waals surface area contributed by atoms with Crippen molar-refractivity contribution in [1.29, 1.82) is 0 Å². The molecule has 2 saturated heterocycles. The van der Waals surface area contributed by atoms with Crippen LogP contribution in [0.4, 0.5) is 11.4 Å². The lowest BCUT2D eigenvalue weighted by Gasteiger charge is -2.41. The molecule has 0 unspecified atom stereocenters. The fraction of sp³-hybridized carbons (Fsp3) is 0.528. The van der Waals surface area contributed by atoms with Crippen LogP contribution in [0.25, 0.3) is 11.0 Å². The third-order valence-electron chi connectivity index (χ3n) is 11.0. The molecule has 0 spiro atoms. The van der Waals surface area contributed by atoms with E-state index in [-0.39, 0.29) is 24.1 Å². The van der Waals surface area contributed by atoms with Crippen molar-refractivity contribution >= 4 is 44.2 Å².